The molecule has 0 fully saturated rings. The molecule has 2 rings (SSSR count). The predicted molar refractivity (Wildman–Crippen MR) is 96.4 cm³/mol. The molecule has 3 N–H and O–H groups in total. The largest absolute Gasteiger partial charge is 0.460 e. The molecule has 0 bridgehead atoms. The number of allylic oxidation sites excluding steroid dienone is 1. The van der Waals surface area contributed by atoms with E-state index in [9.17, 15) is 9.90 Å². The highest BCUT2D eigenvalue weighted by Gasteiger charge is 2.06. The standard InChI is InChI=1S/C19H22N2O3/c1-2-6-19(23)24-14-18(22)13-20-15-9-11-17(12-10-15)21-16-7-4-3-5-8-16/h2-12,18,20-22H,13-14H2,1H3. The Labute approximate surface area is 142 Å². The number of aliphatic hydroxyl groups is 1. The van der Waals surface area contributed by atoms with Crippen LogP contribution in [0.1, 0.15) is 6.92 Å². The van der Waals surface area contributed by atoms with Crippen molar-refractivity contribution in [1.29, 1.82) is 0 Å². The number of hydrogen-bond donors (Lipinski definition) is 3. The number of hydrogen-bond acceptors (Lipinski definition) is 5. The molecule has 0 aliphatic rings. The summed E-state index contributed by atoms with van der Waals surface area (Å²) in [5.41, 5.74) is 2.89. The quantitative estimate of drug-likeness (QED) is 0.513. The van der Waals surface area contributed by atoms with E-state index in [-0.39, 0.29) is 6.61 Å². The fourth-order valence-corrected chi connectivity index (χ4v) is 2.02. The number of para-hydroxylation sites is 1. The molecule has 126 valence electrons. The molecule has 1 atom stereocenters. The van der Waals surface area contributed by atoms with Gasteiger partial charge in [-0.1, -0.05) is 24.3 Å². The molecule has 0 spiro atoms. The molecule has 0 saturated carbocycles. The van der Waals surface area contributed by atoms with Gasteiger partial charge in [0.15, 0.2) is 0 Å². The lowest BCUT2D eigenvalue weighted by Crippen LogP contribution is -2.26. The maximum Gasteiger partial charge on any atom is 0.330 e. The molecule has 0 saturated heterocycles. The molecule has 2 aromatic rings. The van der Waals surface area contributed by atoms with Gasteiger partial charge in [-0.25, -0.2) is 4.79 Å². The van der Waals surface area contributed by atoms with Crippen molar-refractivity contribution < 1.29 is 14.6 Å². The van der Waals surface area contributed by atoms with Crippen LogP contribution >= 0.6 is 0 Å². The summed E-state index contributed by atoms with van der Waals surface area (Å²) in [6.45, 7) is 1.99. The van der Waals surface area contributed by atoms with Gasteiger partial charge in [-0.15, -0.1) is 0 Å². The normalized spacial score (nSPS) is 11.9. The molecule has 0 aliphatic heterocycles. The SMILES string of the molecule is CC=CC(=O)OCC(O)CNc1ccc(Nc2ccccc2)cc1. The first-order valence-corrected chi connectivity index (χ1v) is 7.81. The molecule has 0 aliphatic carbocycles. The summed E-state index contributed by atoms with van der Waals surface area (Å²) >= 11 is 0. The Balaban J connectivity index is 1.76. The van der Waals surface area contributed by atoms with Crippen LogP contribution in [0.4, 0.5) is 17.1 Å². The summed E-state index contributed by atoms with van der Waals surface area (Å²) < 4.78 is 4.89. The summed E-state index contributed by atoms with van der Waals surface area (Å²) in [6, 6.07) is 17.7. The molecule has 0 amide bonds. The molecule has 0 radical (unpaired) electrons. The smallest absolute Gasteiger partial charge is 0.330 e. The fourth-order valence-electron chi connectivity index (χ4n) is 2.02. The summed E-state index contributed by atoms with van der Waals surface area (Å²) in [5.74, 6) is -0.451. The van der Waals surface area contributed by atoms with E-state index in [0.717, 1.165) is 17.1 Å². The molecule has 2 aromatic carbocycles. The van der Waals surface area contributed by atoms with Gasteiger partial charge >= 0.3 is 5.97 Å². The minimum absolute atomic E-state index is 0.0379. The van der Waals surface area contributed by atoms with Crippen LogP contribution in [0.3, 0.4) is 0 Å². The minimum Gasteiger partial charge on any atom is -0.460 e. The third-order valence-corrected chi connectivity index (χ3v) is 3.21. The van der Waals surface area contributed by atoms with E-state index in [4.69, 9.17) is 4.74 Å². The Kier molecular flexibility index (Phi) is 6.86. The number of ether oxygens (including phenoxy) is 1. The lowest BCUT2D eigenvalue weighted by molar-refractivity contribution is -0.140. The predicted octanol–water partition coefficient (Wildman–Crippen LogP) is 3.32. The molecule has 0 heterocycles. The highest BCUT2D eigenvalue weighted by molar-refractivity contribution is 5.81. The van der Waals surface area contributed by atoms with Crippen molar-refractivity contribution in [3.05, 3.63) is 66.7 Å². The highest BCUT2D eigenvalue weighted by Crippen LogP contribution is 2.18. The molecule has 1 unspecified atom stereocenters. The van der Waals surface area contributed by atoms with Crippen molar-refractivity contribution in [2.75, 3.05) is 23.8 Å². The summed E-state index contributed by atoms with van der Waals surface area (Å²) in [6.07, 6.45) is 2.15. The second-order valence-corrected chi connectivity index (χ2v) is 5.23. The third kappa shape index (κ3) is 6.14. The van der Waals surface area contributed by atoms with Crippen molar-refractivity contribution >= 4 is 23.0 Å². The van der Waals surface area contributed by atoms with E-state index in [2.05, 4.69) is 10.6 Å². The van der Waals surface area contributed by atoms with Crippen LogP contribution in [-0.2, 0) is 9.53 Å². The average Bonchev–Trinajstić information content (AvgIpc) is 2.60. The highest BCUT2D eigenvalue weighted by atomic mass is 16.5. The first kappa shape index (κ1) is 17.6. The third-order valence-electron chi connectivity index (χ3n) is 3.21. The van der Waals surface area contributed by atoms with Crippen LogP contribution in [0.2, 0.25) is 0 Å². The Hall–Kier alpha value is -2.79. The van der Waals surface area contributed by atoms with Gasteiger partial charge in [0.2, 0.25) is 0 Å². The van der Waals surface area contributed by atoms with Crippen molar-refractivity contribution in [2.24, 2.45) is 0 Å². The van der Waals surface area contributed by atoms with E-state index in [1.54, 1.807) is 13.0 Å². The zero-order valence-electron chi connectivity index (χ0n) is 13.6. The van der Waals surface area contributed by atoms with Crippen molar-refractivity contribution in [3.8, 4) is 0 Å². The van der Waals surface area contributed by atoms with Gasteiger partial charge in [-0.2, -0.15) is 0 Å². The zero-order chi connectivity index (χ0) is 17.2. The van der Waals surface area contributed by atoms with Gasteiger partial charge in [0.25, 0.3) is 0 Å². The monoisotopic (exact) mass is 326 g/mol. The Morgan fingerprint density at radius 1 is 1.08 bits per heavy atom. The topological polar surface area (TPSA) is 70.6 Å². The van der Waals surface area contributed by atoms with Gasteiger partial charge in [0.1, 0.15) is 12.7 Å². The number of esters is 1. The number of benzene rings is 2. The summed E-state index contributed by atoms with van der Waals surface area (Å²) in [7, 11) is 0. The number of anilines is 3. The maximum absolute atomic E-state index is 11.2. The van der Waals surface area contributed by atoms with E-state index in [1.807, 2.05) is 54.6 Å². The van der Waals surface area contributed by atoms with E-state index in [1.165, 1.54) is 6.08 Å². The number of rotatable bonds is 8. The van der Waals surface area contributed by atoms with Crippen molar-refractivity contribution in [2.45, 2.75) is 13.0 Å². The first-order valence-electron chi connectivity index (χ1n) is 7.81. The van der Waals surface area contributed by atoms with Crippen LogP contribution in [-0.4, -0.2) is 30.3 Å². The number of nitrogens with one attached hydrogen (secondary N) is 2. The summed E-state index contributed by atoms with van der Waals surface area (Å²) in [4.78, 5) is 11.2. The van der Waals surface area contributed by atoms with Crippen LogP contribution < -0.4 is 10.6 Å². The van der Waals surface area contributed by atoms with Crippen LogP contribution in [0.15, 0.2) is 66.7 Å². The summed E-state index contributed by atoms with van der Waals surface area (Å²) in [5, 5.41) is 16.2. The van der Waals surface area contributed by atoms with Gasteiger partial charge in [0, 0.05) is 29.7 Å². The van der Waals surface area contributed by atoms with Gasteiger partial charge in [-0.05, 0) is 43.3 Å². The molecule has 5 heteroatoms. The first-order chi connectivity index (χ1) is 11.7. The maximum atomic E-state index is 11.2. The Bertz CT molecular complexity index is 654. The number of carbonyl (C=O) groups excluding carboxylic acids is 1. The molecular formula is C19H22N2O3. The van der Waals surface area contributed by atoms with Crippen LogP contribution in [0.5, 0.6) is 0 Å². The van der Waals surface area contributed by atoms with Gasteiger partial charge < -0.3 is 20.5 Å². The Morgan fingerprint density at radius 2 is 1.71 bits per heavy atom. The molecule has 5 nitrogen and oxygen atoms in total. The fraction of sp³-hybridized carbons (Fsp3) is 0.211. The second kappa shape index (κ2) is 9.37. The molecule has 0 aromatic heterocycles. The van der Waals surface area contributed by atoms with E-state index >= 15 is 0 Å². The van der Waals surface area contributed by atoms with Crippen LogP contribution in [0, 0.1) is 0 Å². The molecule has 24 heavy (non-hydrogen) atoms. The van der Waals surface area contributed by atoms with Gasteiger partial charge in [0.05, 0.1) is 0 Å². The minimum atomic E-state index is -0.763. The number of carbonyl (C=O) groups is 1. The Morgan fingerprint density at radius 3 is 2.38 bits per heavy atom. The van der Waals surface area contributed by atoms with E-state index < -0.39 is 12.1 Å². The van der Waals surface area contributed by atoms with Crippen molar-refractivity contribution in [1.82, 2.24) is 0 Å². The second-order valence-electron chi connectivity index (χ2n) is 5.23. The van der Waals surface area contributed by atoms with Gasteiger partial charge in [-0.3, -0.25) is 0 Å². The lowest BCUT2D eigenvalue weighted by Gasteiger charge is -2.13. The zero-order valence-corrected chi connectivity index (χ0v) is 13.6. The lowest BCUT2D eigenvalue weighted by atomic mass is 10.2. The van der Waals surface area contributed by atoms with E-state index in [0.29, 0.717) is 6.54 Å². The van der Waals surface area contributed by atoms with Crippen molar-refractivity contribution in [3.63, 3.8) is 0 Å². The number of aliphatic hydroxyl groups excluding tert-OH is 1. The van der Waals surface area contributed by atoms with Crippen LogP contribution in [0.25, 0.3) is 0 Å². The molecular weight excluding hydrogens is 304 g/mol. The average molecular weight is 326 g/mol.